The summed E-state index contributed by atoms with van der Waals surface area (Å²) in [4.78, 5) is 29.7. The number of aryl methyl sites for hydroxylation is 2. The van der Waals surface area contributed by atoms with Gasteiger partial charge in [0.2, 0.25) is 5.91 Å². The van der Waals surface area contributed by atoms with E-state index in [1.807, 2.05) is 0 Å². The number of carboxylic acids is 1. The van der Waals surface area contributed by atoms with Gasteiger partial charge in [0.1, 0.15) is 0 Å². The maximum absolute atomic E-state index is 11.8. The smallest absolute Gasteiger partial charge is 0.304 e. The molecule has 1 aromatic rings. The molecule has 1 aliphatic carbocycles. The van der Waals surface area contributed by atoms with Crippen LogP contribution in [0.3, 0.4) is 0 Å². The van der Waals surface area contributed by atoms with Gasteiger partial charge in [0, 0.05) is 11.4 Å². The number of thiazole rings is 1. The maximum atomic E-state index is 11.8. The summed E-state index contributed by atoms with van der Waals surface area (Å²) in [5.41, 5.74) is 1.12. The summed E-state index contributed by atoms with van der Waals surface area (Å²) >= 11 is 1.55. The summed E-state index contributed by atoms with van der Waals surface area (Å²) in [6.07, 6.45) is 4.46. The van der Waals surface area contributed by atoms with Crippen LogP contribution >= 0.6 is 11.3 Å². The van der Waals surface area contributed by atoms with Crippen LogP contribution in [0.15, 0.2) is 0 Å². The van der Waals surface area contributed by atoms with E-state index in [4.69, 9.17) is 5.11 Å². The fourth-order valence-electron chi connectivity index (χ4n) is 2.17. The molecule has 2 rings (SSSR count). The number of nitrogens with one attached hydrogen (secondary N) is 1. The van der Waals surface area contributed by atoms with E-state index in [0.717, 1.165) is 18.5 Å². The Hall–Kier alpha value is -1.47. The number of carbonyl (C=O) groups is 2. The van der Waals surface area contributed by atoms with Crippen molar-refractivity contribution in [3.63, 3.8) is 0 Å². The number of anilines is 1. The molecule has 0 bridgehead atoms. The van der Waals surface area contributed by atoms with Gasteiger partial charge < -0.3 is 10.4 Å². The van der Waals surface area contributed by atoms with Gasteiger partial charge in [-0.15, -0.1) is 11.3 Å². The number of hydrogen-bond donors (Lipinski definition) is 2. The number of aromatic nitrogens is 1. The molecule has 2 N–H and O–H groups in total. The third-order valence-corrected chi connectivity index (χ3v) is 4.29. The minimum absolute atomic E-state index is 0.0370. The lowest BCUT2D eigenvalue weighted by Crippen LogP contribution is -2.31. The van der Waals surface area contributed by atoms with Crippen LogP contribution in [0, 0.1) is 0 Å². The monoisotopic (exact) mass is 297 g/mol. The molecule has 1 heterocycles. The van der Waals surface area contributed by atoms with Crippen molar-refractivity contribution in [1.82, 2.24) is 9.88 Å². The lowest BCUT2D eigenvalue weighted by molar-refractivity contribution is -0.137. The Morgan fingerprint density at radius 3 is 2.85 bits per heavy atom. The van der Waals surface area contributed by atoms with Gasteiger partial charge in [-0.2, -0.15) is 0 Å². The molecule has 0 atom stereocenters. The third-order valence-electron chi connectivity index (χ3n) is 3.21. The largest absolute Gasteiger partial charge is 0.481 e. The zero-order valence-electron chi connectivity index (χ0n) is 11.5. The number of likely N-dealkylation sites (N-methyl/N-ethyl adjacent to an activating group) is 1. The fourth-order valence-corrected chi connectivity index (χ4v) is 3.24. The average molecular weight is 297 g/mol. The normalized spacial score (nSPS) is 14.1. The molecule has 0 aromatic carbocycles. The summed E-state index contributed by atoms with van der Waals surface area (Å²) in [6.45, 7) is 0.536. The van der Waals surface area contributed by atoms with Crippen molar-refractivity contribution in [3.8, 4) is 0 Å². The summed E-state index contributed by atoms with van der Waals surface area (Å²) in [5, 5.41) is 12.0. The van der Waals surface area contributed by atoms with Crippen molar-refractivity contribution in [2.75, 3.05) is 25.5 Å². The van der Waals surface area contributed by atoms with Crippen LogP contribution in [-0.4, -0.2) is 47.0 Å². The number of nitrogens with zero attached hydrogens (tertiary/aromatic N) is 2. The van der Waals surface area contributed by atoms with Crippen LogP contribution in [0.25, 0.3) is 0 Å². The highest BCUT2D eigenvalue weighted by Gasteiger charge is 2.16. The Morgan fingerprint density at radius 1 is 1.40 bits per heavy atom. The van der Waals surface area contributed by atoms with Crippen LogP contribution in [0.1, 0.15) is 29.8 Å². The van der Waals surface area contributed by atoms with Gasteiger partial charge in [-0.25, -0.2) is 4.98 Å². The number of rotatable bonds is 6. The molecule has 0 aliphatic heterocycles. The minimum Gasteiger partial charge on any atom is -0.481 e. The number of hydrogen-bond acceptors (Lipinski definition) is 5. The SMILES string of the molecule is CN(CCC(=O)O)CC(=O)Nc1nc2c(s1)CCCC2. The second-order valence-electron chi connectivity index (χ2n) is 5.03. The summed E-state index contributed by atoms with van der Waals surface area (Å²) in [6, 6.07) is 0. The highest BCUT2D eigenvalue weighted by atomic mass is 32.1. The van der Waals surface area contributed by atoms with Crippen molar-refractivity contribution in [1.29, 1.82) is 0 Å². The second kappa shape index (κ2) is 6.81. The first-order valence-corrected chi connectivity index (χ1v) is 7.55. The van der Waals surface area contributed by atoms with Crippen LogP contribution in [0.5, 0.6) is 0 Å². The van der Waals surface area contributed by atoms with E-state index in [1.54, 1.807) is 23.3 Å². The quantitative estimate of drug-likeness (QED) is 0.828. The number of carbonyl (C=O) groups excluding carboxylic acids is 1. The van der Waals surface area contributed by atoms with E-state index in [9.17, 15) is 9.59 Å². The number of amides is 1. The topological polar surface area (TPSA) is 82.5 Å². The molecule has 0 fully saturated rings. The van der Waals surface area contributed by atoms with Crippen molar-refractivity contribution in [2.24, 2.45) is 0 Å². The Kier molecular flexibility index (Phi) is 5.08. The average Bonchev–Trinajstić information content (AvgIpc) is 2.78. The summed E-state index contributed by atoms with van der Waals surface area (Å²) in [5.74, 6) is -1.01. The molecular weight excluding hydrogens is 278 g/mol. The molecule has 0 unspecified atom stereocenters. The first-order valence-electron chi connectivity index (χ1n) is 6.73. The Labute approximate surface area is 121 Å². The van der Waals surface area contributed by atoms with Gasteiger partial charge in [0.15, 0.2) is 5.13 Å². The van der Waals surface area contributed by atoms with E-state index >= 15 is 0 Å². The van der Waals surface area contributed by atoms with Gasteiger partial charge in [-0.1, -0.05) is 0 Å². The first kappa shape index (κ1) is 14.9. The molecule has 1 aliphatic rings. The van der Waals surface area contributed by atoms with Gasteiger partial charge in [0.05, 0.1) is 18.7 Å². The van der Waals surface area contributed by atoms with Crippen LogP contribution < -0.4 is 5.32 Å². The van der Waals surface area contributed by atoms with Gasteiger partial charge in [0.25, 0.3) is 0 Å². The molecule has 0 spiro atoms. The fraction of sp³-hybridized carbons (Fsp3) is 0.615. The van der Waals surface area contributed by atoms with Gasteiger partial charge in [-0.05, 0) is 32.7 Å². The second-order valence-corrected chi connectivity index (χ2v) is 6.11. The van der Waals surface area contributed by atoms with Gasteiger partial charge in [-0.3, -0.25) is 14.5 Å². The predicted octanol–water partition coefficient (Wildman–Crippen LogP) is 1.37. The van der Waals surface area contributed by atoms with E-state index < -0.39 is 5.97 Å². The third kappa shape index (κ3) is 4.28. The summed E-state index contributed by atoms with van der Waals surface area (Å²) < 4.78 is 0. The first-order chi connectivity index (χ1) is 9.54. The molecule has 110 valence electrons. The van der Waals surface area contributed by atoms with Crippen molar-refractivity contribution >= 4 is 28.3 Å². The molecule has 0 saturated heterocycles. The standard InChI is InChI=1S/C13H19N3O3S/c1-16(7-6-12(18)19)8-11(17)15-13-14-9-4-2-3-5-10(9)20-13/h2-8H2,1H3,(H,18,19)(H,14,15,17). The molecule has 6 nitrogen and oxygen atoms in total. The maximum Gasteiger partial charge on any atom is 0.304 e. The molecule has 0 saturated carbocycles. The van der Waals surface area contributed by atoms with E-state index in [2.05, 4.69) is 10.3 Å². The highest BCUT2D eigenvalue weighted by molar-refractivity contribution is 7.15. The molecule has 1 amide bonds. The van der Waals surface area contributed by atoms with Crippen molar-refractivity contribution in [3.05, 3.63) is 10.6 Å². The number of aliphatic carboxylic acids is 1. The zero-order chi connectivity index (χ0) is 14.5. The Bertz CT molecular complexity index is 478. The predicted molar refractivity (Wildman–Crippen MR) is 77.1 cm³/mol. The molecule has 1 aromatic heterocycles. The molecule has 7 heteroatoms. The van der Waals surface area contributed by atoms with Crippen molar-refractivity contribution < 1.29 is 14.7 Å². The van der Waals surface area contributed by atoms with E-state index in [0.29, 0.717) is 11.7 Å². The Balaban J connectivity index is 1.82. The van der Waals surface area contributed by atoms with E-state index in [-0.39, 0.29) is 18.9 Å². The number of carboxylic acid groups (broad SMARTS) is 1. The Morgan fingerprint density at radius 2 is 2.15 bits per heavy atom. The molecular formula is C13H19N3O3S. The lowest BCUT2D eigenvalue weighted by Gasteiger charge is -2.13. The number of fused-ring (bicyclic) bond motifs is 1. The minimum atomic E-state index is -0.857. The molecule has 0 radical (unpaired) electrons. The zero-order valence-corrected chi connectivity index (χ0v) is 12.3. The van der Waals surface area contributed by atoms with Crippen molar-refractivity contribution in [2.45, 2.75) is 32.1 Å². The van der Waals surface area contributed by atoms with Crippen LogP contribution in [0.4, 0.5) is 5.13 Å². The lowest BCUT2D eigenvalue weighted by atomic mass is 10.0. The summed E-state index contributed by atoms with van der Waals surface area (Å²) in [7, 11) is 1.73. The van der Waals surface area contributed by atoms with Crippen LogP contribution in [0.2, 0.25) is 0 Å². The van der Waals surface area contributed by atoms with E-state index in [1.165, 1.54) is 17.7 Å². The molecule has 20 heavy (non-hydrogen) atoms. The van der Waals surface area contributed by atoms with Gasteiger partial charge >= 0.3 is 5.97 Å². The van der Waals surface area contributed by atoms with Crippen LogP contribution in [-0.2, 0) is 22.4 Å². The highest BCUT2D eigenvalue weighted by Crippen LogP contribution is 2.29.